The van der Waals surface area contributed by atoms with Gasteiger partial charge in [-0.3, -0.25) is 9.78 Å². The number of aromatic nitrogens is 3. The third kappa shape index (κ3) is 3.24. The molecule has 3 aromatic rings. The molecule has 0 aliphatic rings. The van der Waals surface area contributed by atoms with Crippen LogP contribution in [-0.4, -0.2) is 20.7 Å². The Labute approximate surface area is 137 Å². The first-order chi connectivity index (χ1) is 11.5. The average molecular weight is 326 g/mol. The number of pyridine rings is 1. The predicted octanol–water partition coefficient (Wildman–Crippen LogP) is 3.31. The fourth-order valence-electron chi connectivity index (χ4n) is 2.23. The van der Waals surface area contributed by atoms with Crippen molar-refractivity contribution in [1.82, 2.24) is 14.8 Å². The van der Waals surface area contributed by atoms with Crippen molar-refractivity contribution in [2.75, 3.05) is 5.32 Å². The average Bonchev–Trinajstić information content (AvgIpc) is 2.83. The molecule has 0 aliphatic heterocycles. The molecule has 0 saturated carbocycles. The van der Waals surface area contributed by atoms with Crippen molar-refractivity contribution in [2.24, 2.45) is 7.05 Å². The van der Waals surface area contributed by atoms with Crippen LogP contribution in [0.2, 0.25) is 0 Å². The number of hydrogen-bond donors (Lipinski definition) is 1. The topological polar surface area (TPSA) is 69.0 Å². The van der Waals surface area contributed by atoms with Crippen LogP contribution in [0.1, 0.15) is 16.1 Å². The van der Waals surface area contributed by atoms with E-state index in [9.17, 15) is 9.18 Å². The van der Waals surface area contributed by atoms with E-state index in [1.165, 1.54) is 28.9 Å². The predicted molar refractivity (Wildman–Crippen MR) is 86.6 cm³/mol. The molecule has 7 heteroatoms. The second-order valence-corrected chi connectivity index (χ2v) is 5.14. The van der Waals surface area contributed by atoms with E-state index in [1.807, 2.05) is 0 Å². The molecular weight excluding hydrogens is 311 g/mol. The number of rotatable bonds is 4. The molecule has 0 atom stereocenters. The first-order valence-corrected chi connectivity index (χ1v) is 7.23. The van der Waals surface area contributed by atoms with Gasteiger partial charge < -0.3 is 10.1 Å². The summed E-state index contributed by atoms with van der Waals surface area (Å²) in [5.41, 5.74) is 1.22. The molecule has 2 heterocycles. The Morgan fingerprint density at radius 1 is 1.29 bits per heavy atom. The molecule has 2 aromatic heterocycles. The van der Waals surface area contributed by atoms with E-state index in [-0.39, 0.29) is 5.56 Å². The van der Waals surface area contributed by atoms with Crippen LogP contribution < -0.4 is 10.1 Å². The Bertz CT molecular complexity index is 878. The van der Waals surface area contributed by atoms with Gasteiger partial charge in [0.1, 0.15) is 17.3 Å². The molecule has 1 N–H and O–H groups in total. The Balaban J connectivity index is 1.89. The first kappa shape index (κ1) is 15.7. The van der Waals surface area contributed by atoms with Gasteiger partial charge in [0, 0.05) is 18.8 Å². The summed E-state index contributed by atoms with van der Waals surface area (Å²) in [7, 11) is 1.70. The van der Waals surface area contributed by atoms with E-state index < -0.39 is 11.7 Å². The quantitative estimate of drug-likeness (QED) is 0.798. The van der Waals surface area contributed by atoms with Crippen LogP contribution in [0.25, 0.3) is 0 Å². The van der Waals surface area contributed by atoms with Crippen LogP contribution in [0, 0.1) is 12.7 Å². The van der Waals surface area contributed by atoms with E-state index in [2.05, 4.69) is 15.4 Å². The smallest absolute Gasteiger partial charge is 0.255 e. The van der Waals surface area contributed by atoms with Crippen molar-refractivity contribution < 1.29 is 13.9 Å². The molecule has 0 fully saturated rings. The third-order valence-electron chi connectivity index (χ3n) is 3.34. The van der Waals surface area contributed by atoms with Gasteiger partial charge in [-0.05, 0) is 37.3 Å². The zero-order valence-electron chi connectivity index (χ0n) is 13.2. The summed E-state index contributed by atoms with van der Waals surface area (Å²) < 4.78 is 20.6. The number of ether oxygens (including phenoxy) is 1. The molecule has 122 valence electrons. The SMILES string of the molecule is Cc1nn(C)c(Oc2cccnc2)c1NC(=O)c1cccc(F)c1. The minimum atomic E-state index is -0.475. The van der Waals surface area contributed by atoms with Crippen molar-refractivity contribution in [3.05, 3.63) is 65.9 Å². The lowest BCUT2D eigenvalue weighted by molar-refractivity contribution is 0.102. The molecule has 6 nitrogen and oxygen atoms in total. The van der Waals surface area contributed by atoms with Crippen molar-refractivity contribution in [1.29, 1.82) is 0 Å². The van der Waals surface area contributed by atoms with E-state index in [0.717, 1.165) is 0 Å². The van der Waals surface area contributed by atoms with Gasteiger partial charge in [0.15, 0.2) is 0 Å². The van der Waals surface area contributed by atoms with Crippen molar-refractivity contribution in [2.45, 2.75) is 6.92 Å². The maximum absolute atomic E-state index is 13.3. The molecule has 0 spiro atoms. The summed E-state index contributed by atoms with van der Waals surface area (Å²) in [5.74, 6) is -0.0361. The highest BCUT2D eigenvalue weighted by molar-refractivity contribution is 6.05. The number of carbonyl (C=O) groups is 1. The number of amides is 1. The van der Waals surface area contributed by atoms with Gasteiger partial charge in [-0.2, -0.15) is 5.10 Å². The molecule has 0 saturated heterocycles. The maximum atomic E-state index is 13.3. The Hall–Kier alpha value is -3.22. The molecule has 24 heavy (non-hydrogen) atoms. The standard InChI is InChI=1S/C17H15FN4O2/c1-11-15(20-16(23)12-5-3-6-13(18)9-12)17(22(2)21-11)24-14-7-4-8-19-10-14/h3-10H,1-2H3,(H,20,23). The molecule has 3 rings (SSSR count). The second kappa shape index (κ2) is 6.49. The number of halogens is 1. The molecule has 1 amide bonds. The van der Waals surface area contributed by atoms with Crippen LogP contribution in [0.5, 0.6) is 11.6 Å². The third-order valence-corrected chi connectivity index (χ3v) is 3.34. The van der Waals surface area contributed by atoms with Gasteiger partial charge in [0.05, 0.1) is 11.9 Å². The zero-order chi connectivity index (χ0) is 17.1. The van der Waals surface area contributed by atoms with Crippen LogP contribution >= 0.6 is 0 Å². The monoisotopic (exact) mass is 326 g/mol. The highest BCUT2D eigenvalue weighted by Crippen LogP contribution is 2.31. The zero-order valence-corrected chi connectivity index (χ0v) is 13.2. The lowest BCUT2D eigenvalue weighted by Crippen LogP contribution is -2.13. The number of nitrogens with zero attached hydrogens (tertiary/aromatic N) is 3. The van der Waals surface area contributed by atoms with Gasteiger partial charge in [-0.15, -0.1) is 0 Å². The van der Waals surface area contributed by atoms with Gasteiger partial charge in [-0.1, -0.05) is 6.07 Å². The Morgan fingerprint density at radius 3 is 2.83 bits per heavy atom. The van der Waals surface area contributed by atoms with E-state index in [1.54, 1.807) is 38.5 Å². The van der Waals surface area contributed by atoms with Gasteiger partial charge in [-0.25, -0.2) is 9.07 Å². The highest BCUT2D eigenvalue weighted by Gasteiger charge is 2.19. The second-order valence-electron chi connectivity index (χ2n) is 5.14. The van der Waals surface area contributed by atoms with Crippen LogP contribution in [-0.2, 0) is 7.05 Å². The summed E-state index contributed by atoms with van der Waals surface area (Å²) in [4.78, 5) is 16.3. The van der Waals surface area contributed by atoms with Gasteiger partial charge >= 0.3 is 0 Å². The lowest BCUT2D eigenvalue weighted by Gasteiger charge is -2.09. The van der Waals surface area contributed by atoms with Crippen molar-refractivity contribution in [3.63, 3.8) is 0 Å². The number of benzene rings is 1. The fraction of sp³-hybridized carbons (Fsp3) is 0.118. The number of nitrogens with one attached hydrogen (secondary N) is 1. The molecule has 0 unspecified atom stereocenters. The number of hydrogen-bond acceptors (Lipinski definition) is 4. The summed E-state index contributed by atoms with van der Waals surface area (Å²) >= 11 is 0. The molecule has 0 aliphatic carbocycles. The van der Waals surface area contributed by atoms with Crippen molar-refractivity contribution >= 4 is 11.6 Å². The van der Waals surface area contributed by atoms with Gasteiger partial charge in [0.2, 0.25) is 5.88 Å². The molecule has 1 aromatic carbocycles. The minimum absolute atomic E-state index is 0.214. The minimum Gasteiger partial charge on any atom is -0.436 e. The maximum Gasteiger partial charge on any atom is 0.255 e. The molecular formula is C17H15FN4O2. The van der Waals surface area contributed by atoms with Crippen LogP contribution in [0.4, 0.5) is 10.1 Å². The van der Waals surface area contributed by atoms with E-state index in [0.29, 0.717) is 23.0 Å². The van der Waals surface area contributed by atoms with Crippen LogP contribution in [0.15, 0.2) is 48.8 Å². The first-order valence-electron chi connectivity index (χ1n) is 7.23. The largest absolute Gasteiger partial charge is 0.436 e. The van der Waals surface area contributed by atoms with Gasteiger partial charge in [0.25, 0.3) is 5.91 Å². The van der Waals surface area contributed by atoms with Crippen LogP contribution in [0.3, 0.4) is 0 Å². The summed E-state index contributed by atoms with van der Waals surface area (Å²) in [6.45, 7) is 1.75. The fourth-order valence-corrected chi connectivity index (χ4v) is 2.23. The summed E-state index contributed by atoms with van der Waals surface area (Å²) in [6, 6.07) is 8.95. The molecule has 0 bridgehead atoms. The van der Waals surface area contributed by atoms with Crippen molar-refractivity contribution in [3.8, 4) is 11.6 Å². The Kier molecular flexibility index (Phi) is 4.24. The summed E-state index contributed by atoms with van der Waals surface area (Å²) in [5, 5.41) is 6.98. The Morgan fingerprint density at radius 2 is 2.12 bits per heavy atom. The summed E-state index contributed by atoms with van der Waals surface area (Å²) in [6.07, 6.45) is 3.19. The van der Waals surface area contributed by atoms with E-state index in [4.69, 9.17) is 4.74 Å². The lowest BCUT2D eigenvalue weighted by atomic mass is 10.2. The normalized spacial score (nSPS) is 10.5. The molecule has 0 radical (unpaired) electrons. The van der Waals surface area contributed by atoms with E-state index >= 15 is 0 Å². The highest BCUT2D eigenvalue weighted by atomic mass is 19.1. The number of aryl methyl sites for hydroxylation is 2. The number of carbonyl (C=O) groups excluding carboxylic acids is 1. The number of anilines is 1.